The molecular formula is C22H21N5O4S. The van der Waals surface area contributed by atoms with Crippen LogP contribution in [0.1, 0.15) is 5.82 Å². The Hall–Kier alpha value is -3.50. The molecule has 0 atom stereocenters. The predicted molar refractivity (Wildman–Crippen MR) is 120 cm³/mol. The lowest BCUT2D eigenvalue weighted by atomic mass is 10.1. The monoisotopic (exact) mass is 451 g/mol. The molecule has 2 aromatic carbocycles. The Kier molecular flexibility index (Phi) is 5.03. The van der Waals surface area contributed by atoms with Crippen LogP contribution in [0.25, 0.3) is 22.4 Å². The summed E-state index contributed by atoms with van der Waals surface area (Å²) in [6, 6.07) is 16.2. The number of benzene rings is 2. The van der Waals surface area contributed by atoms with Crippen molar-refractivity contribution in [3.63, 3.8) is 0 Å². The van der Waals surface area contributed by atoms with E-state index in [9.17, 15) is 13.2 Å². The first kappa shape index (κ1) is 20.4. The Labute approximate surface area is 184 Å². The summed E-state index contributed by atoms with van der Waals surface area (Å²) in [5.74, 6) is 0.833. The Morgan fingerprint density at radius 2 is 1.72 bits per heavy atom. The zero-order valence-electron chi connectivity index (χ0n) is 17.4. The third-order valence-electron chi connectivity index (χ3n) is 5.49. The third kappa shape index (κ3) is 3.78. The van der Waals surface area contributed by atoms with E-state index in [0.29, 0.717) is 37.5 Å². The van der Waals surface area contributed by atoms with Crippen molar-refractivity contribution in [2.45, 2.75) is 11.8 Å². The van der Waals surface area contributed by atoms with Crippen LogP contribution in [0.4, 0.5) is 5.82 Å². The zero-order chi connectivity index (χ0) is 22.3. The molecule has 1 aliphatic heterocycles. The maximum atomic E-state index is 13.1. The van der Waals surface area contributed by atoms with Crippen LogP contribution in [0.2, 0.25) is 0 Å². The minimum Gasteiger partial charge on any atom is -0.408 e. The number of hydrogen-bond donors (Lipinski definition) is 1. The minimum atomic E-state index is -3.71. The van der Waals surface area contributed by atoms with Crippen molar-refractivity contribution in [2.75, 3.05) is 31.1 Å². The lowest BCUT2D eigenvalue weighted by molar-refractivity contribution is 0.383. The molecule has 0 bridgehead atoms. The smallest absolute Gasteiger partial charge is 0.408 e. The number of aryl methyl sites for hydroxylation is 1. The molecule has 0 spiro atoms. The van der Waals surface area contributed by atoms with Gasteiger partial charge in [-0.3, -0.25) is 4.98 Å². The van der Waals surface area contributed by atoms with Crippen LogP contribution >= 0.6 is 0 Å². The molecule has 0 unspecified atom stereocenters. The lowest BCUT2D eigenvalue weighted by Gasteiger charge is -2.34. The van der Waals surface area contributed by atoms with Crippen LogP contribution < -0.4 is 10.7 Å². The molecule has 1 aliphatic rings. The first-order chi connectivity index (χ1) is 15.4. The fourth-order valence-electron chi connectivity index (χ4n) is 3.86. The number of H-pyrrole nitrogens is 1. The highest BCUT2D eigenvalue weighted by atomic mass is 32.2. The molecule has 4 aromatic rings. The summed E-state index contributed by atoms with van der Waals surface area (Å²) in [4.78, 5) is 25.2. The Morgan fingerprint density at radius 3 is 2.47 bits per heavy atom. The molecule has 10 heteroatoms. The SMILES string of the molecule is Cc1nc(-c2ccccc2)cc(N2CCN(S(=O)(=O)c3ccc4[nH]c(=O)oc4c3)CC2)n1. The Morgan fingerprint density at radius 1 is 0.969 bits per heavy atom. The van der Waals surface area contributed by atoms with E-state index < -0.39 is 15.8 Å². The number of nitrogens with one attached hydrogen (secondary N) is 1. The topological polar surface area (TPSA) is 112 Å². The van der Waals surface area contributed by atoms with Gasteiger partial charge in [-0.15, -0.1) is 0 Å². The average Bonchev–Trinajstić information content (AvgIpc) is 3.18. The van der Waals surface area contributed by atoms with Crippen LogP contribution in [0.5, 0.6) is 0 Å². The molecule has 0 saturated carbocycles. The van der Waals surface area contributed by atoms with Crippen LogP contribution in [0, 0.1) is 6.92 Å². The van der Waals surface area contributed by atoms with Crippen LogP contribution in [0.15, 0.2) is 68.7 Å². The van der Waals surface area contributed by atoms with Gasteiger partial charge in [-0.25, -0.2) is 23.2 Å². The van der Waals surface area contributed by atoms with Crippen molar-refractivity contribution in [2.24, 2.45) is 0 Å². The van der Waals surface area contributed by atoms with Gasteiger partial charge in [0.2, 0.25) is 10.0 Å². The number of nitrogens with zero attached hydrogens (tertiary/aromatic N) is 4. The molecule has 1 fully saturated rings. The number of sulfonamides is 1. The van der Waals surface area contributed by atoms with Crippen LogP contribution in [0.3, 0.4) is 0 Å². The van der Waals surface area contributed by atoms with Gasteiger partial charge in [-0.05, 0) is 19.1 Å². The first-order valence-corrected chi connectivity index (χ1v) is 11.6. The molecule has 9 nitrogen and oxygen atoms in total. The molecule has 0 amide bonds. The standard InChI is InChI=1S/C22H21N5O4S/c1-15-23-19(16-5-3-2-4-6-16)14-21(24-15)26-9-11-27(12-10-26)32(29,30)17-7-8-18-20(13-17)31-22(28)25-18/h2-8,13-14H,9-12H2,1H3,(H,25,28). The van der Waals surface area contributed by atoms with Gasteiger partial charge in [-0.2, -0.15) is 4.31 Å². The van der Waals surface area contributed by atoms with E-state index in [2.05, 4.69) is 19.9 Å². The second-order valence-corrected chi connectivity index (χ2v) is 9.53. The number of aromatic nitrogens is 3. The molecule has 32 heavy (non-hydrogen) atoms. The zero-order valence-corrected chi connectivity index (χ0v) is 18.2. The van der Waals surface area contributed by atoms with Crippen molar-refractivity contribution in [3.8, 4) is 11.3 Å². The number of anilines is 1. The van der Waals surface area contributed by atoms with E-state index in [0.717, 1.165) is 17.1 Å². The Balaban J connectivity index is 1.35. The van der Waals surface area contributed by atoms with Crippen LogP contribution in [-0.4, -0.2) is 53.9 Å². The van der Waals surface area contributed by atoms with Crippen molar-refractivity contribution in [1.29, 1.82) is 0 Å². The second kappa shape index (κ2) is 7.88. The summed E-state index contributed by atoms with van der Waals surface area (Å²) in [6.07, 6.45) is 0. The van der Waals surface area contributed by atoms with Crippen molar-refractivity contribution in [1.82, 2.24) is 19.3 Å². The second-order valence-electron chi connectivity index (χ2n) is 7.59. The maximum Gasteiger partial charge on any atom is 0.417 e. The third-order valence-corrected chi connectivity index (χ3v) is 7.38. The summed E-state index contributed by atoms with van der Waals surface area (Å²) < 4.78 is 32.7. The number of hydrogen-bond acceptors (Lipinski definition) is 7. The normalized spacial score (nSPS) is 15.3. The molecule has 0 aliphatic carbocycles. The molecule has 1 saturated heterocycles. The molecular weight excluding hydrogens is 430 g/mol. The van der Waals surface area contributed by atoms with Gasteiger partial charge < -0.3 is 9.32 Å². The fraction of sp³-hybridized carbons (Fsp3) is 0.227. The molecule has 1 N–H and O–H groups in total. The molecule has 0 radical (unpaired) electrons. The quantitative estimate of drug-likeness (QED) is 0.507. The van der Waals surface area contributed by atoms with Crippen LogP contribution in [-0.2, 0) is 10.0 Å². The summed E-state index contributed by atoms with van der Waals surface area (Å²) in [7, 11) is -3.71. The van der Waals surface area contributed by atoms with Crippen molar-refractivity contribution >= 4 is 26.9 Å². The van der Waals surface area contributed by atoms with Gasteiger partial charge in [0.05, 0.1) is 16.1 Å². The Bertz CT molecular complexity index is 1440. The number of aromatic amines is 1. The van der Waals surface area contributed by atoms with Crippen molar-refractivity contribution in [3.05, 3.63) is 71.0 Å². The maximum absolute atomic E-state index is 13.1. The first-order valence-electron chi connectivity index (χ1n) is 10.2. The lowest BCUT2D eigenvalue weighted by Crippen LogP contribution is -2.49. The molecule has 2 aromatic heterocycles. The van der Waals surface area contributed by atoms with E-state index >= 15 is 0 Å². The van der Waals surface area contributed by atoms with E-state index in [4.69, 9.17) is 4.42 Å². The van der Waals surface area contributed by atoms with Crippen molar-refractivity contribution < 1.29 is 12.8 Å². The highest BCUT2D eigenvalue weighted by Gasteiger charge is 2.29. The van der Waals surface area contributed by atoms with E-state index in [1.165, 1.54) is 22.5 Å². The molecule has 5 rings (SSSR count). The van der Waals surface area contributed by atoms with E-state index in [1.54, 1.807) is 0 Å². The molecule has 3 heterocycles. The van der Waals surface area contributed by atoms with E-state index in [-0.39, 0.29) is 10.5 Å². The van der Waals surface area contributed by atoms with E-state index in [1.807, 2.05) is 43.3 Å². The predicted octanol–water partition coefficient (Wildman–Crippen LogP) is 2.40. The van der Waals surface area contributed by atoms with Gasteiger partial charge in [0.1, 0.15) is 11.6 Å². The summed E-state index contributed by atoms with van der Waals surface area (Å²) in [6.45, 7) is 3.51. The van der Waals surface area contributed by atoms with Gasteiger partial charge in [-0.1, -0.05) is 30.3 Å². The van der Waals surface area contributed by atoms with Gasteiger partial charge >= 0.3 is 5.76 Å². The number of rotatable bonds is 4. The summed E-state index contributed by atoms with van der Waals surface area (Å²) in [5.41, 5.74) is 2.53. The molecule has 164 valence electrons. The minimum absolute atomic E-state index is 0.102. The average molecular weight is 452 g/mol. The fourth-order valence-corrected chi connectivity index (χ4v) is 5.30. The van der Waals surface area contributed by atoms with Gasteiger partial charge in [0.25, 0.3) is 0 Å². The van der Waals surface area contributed by atoms with Gasteiger partial charge in [0.15, 0.2) is 5.58 Å². The highest BCUT2D eigenvalue weighted by Crippen LogP contribution is 2.25. The number of oxazole rings is 1. The highest BCUT2D eigenvalue weighted by molar-refractivity contribution is 7.89. The summed E-state index contributed by atoms with van der Waals surface area (Å²) >= 11 is 0. The number of fused-ring (bicyclic) bond motifs is 1. The largest absolute Gasteiger partial charge is 0.417 e. The van der Waals surface area contributed by atoms with Gasteiger partial charge in [0, 0.05) is 43.9 Å². The summed E-state index contributed by atoms with van der Waals surface area (Å²) in [5, 5.41) is 0. The number of piperazine rings is 1.